The van der Waals surface area contributed by atoms with E-state index in [0.29, 0.717) is 0 Å². The first-order chi connectivity index (χ1) is 5.34. The molecule has 1 saturated heterocycles. The van der Waals surface area contributed by atoms with E-state index in [4.69, 9.17) is 5.84 Å². The van der Waals surface area contributed by atoms with Crippen LogP contribution in [0.4, 0.5) is 0 Å². The Bertz CT molecular complexity index is 133. The number of piperazine rings is 1. The zero-order chi connectivity index (χ0) is 8.10. The van der Waals surface area contributed by atoms with E-state index in [9.17, 15) is 4.79 Å². The molecule has 0 aromatic carbocycles. The van der Waals surface area contributed by atoms with E-state index in [1.165, 1.54) is 0 Å². The third-order valence-corrected chi connectivity index (χ3v) is 1.72. The van der Waals surface area contributed by atoms with Gasteiger partial charge in [0.25, 0.3) is 0 Å². The first-order valence-electron chi connectivity index (χ1n) is 3.76. The van der Waals surface area contributed by atoms with Crippen molar-refractivity contribution in [3.63, 3.8) is 0 Å². The summed E-state index contributed by atoms with van der Waals surface area (Å²) >= 11 is 0. The Morgan fingerprint density at radius 2 is 2.18 bits per heavy atom. The van der Waals surface area contributed by atoms with Crippen LogP contribution in [-0.4, -0.2) is 43.5 Å². The molecule has 0 aromatic rings. The number of nitrogens with one attached hydrogen (secondary N) is 2. The van der Waals surface area contributed by atoms with Gasteiger partial charge in [0.2, 0.25) is 5.91 Å². The summed E-state index contributed by atoms with van der Waals surface area (Å²) in [5.74, 6) is 5.10. The summed E-state index contributed by atoms with van der Waals surface area (Å²) in [5, 5.41) is 3.17. The fourth-order valence-electron chi connectivity index (χ4n) is 1.11. The van der Waals surface area contributed by atoms with Crippen LogP contribution >= 0.6 is 0 Å². The molecular formula is C6H14N4O. The molecule has 0 unspecified atom stereocenters. The van der Waals surface area contributed by atoms with Gasteiger partial charge in [-0.05, 0) is 0 Å². The van der Waals surface area contributed by atoms with Crippen LogP contribution in [-0.2, 0) is 4.79 Å². The number of carbonyl (C=O) groups excluding carboxylic acids is 1. The third-order valence-electron chi connectivity index (χ3n) is 1.72. The average Bonchev–Trinajstić information content (AvgIpc) is 2.07. The molecule has 0 aliphatic carbocycles. The molecule has 0 atom stereocenters. The van der Waals surface area contributed by atoms with Gasteiger partial charge in [-0.1, -0.05) is 0 Å². The third kappa shape index (κ3) is 2.45. The quantitative estimate of drug-likeness (QED) is 0.317. The highest BCUT2D eigenvalue weighted by molar-refractivity contribution is 5.78. The van der Waals surface area contributed by atoms with Crippen molar-refractivity contribution in [1.29, 1.82) is 0 Å². The maximum absolute atomic E-state index is 11.2. The van der Waals surface area contributed by atoms with Gasteiger partial charge in [-0.15, -0.1) is 0 Å². The highest BCUT2D eigenvalue weighted by Gasteiger charge is 2.14. The number of nitrogens with zero attached hydrogens (tertiary/aromatic N) is 1. The van der Waals surface area contributed by atoms with Crippen LogP contribution in [0.15, 0.2) is 0 Å². The van der Waals surface area contributed by atoms with Crippen molar-refractivity contribution in [1.82, 2.24) is 15.6 Å². The SMILES string of the molecule is NNCC(=O)N1CCNCC1. The van der Waals surface area contributed by atoms with Crippen molar-refractivity contribution in [3.05, 3.63) is 0 Å². The largest absolute Gasteiger partial charge is 0.339 e. The van der Waals surface area contributed by atoms with Crippen molar-refractivity contribution in [2.45, 2.75) is 0 Å². The number of carbonyl (C=O) groups is 1. The normalized spacial score (nSPS) is 18.5. The first kappa shape index (κ1) is 8.45. The lowest BCUT2D eigenvalue weighted by molar-refractivity contribution is -0.130. The molecule has 1 heterocycles. The van der Waals surface area contributed by atoms with Gasteiger partial charge in [0, 0.05) is 26.2 Å². The van der Waals surface area contributed by atoms with Crippen molar-refractivity contribution < 1.29 is 4.79 Å². The summed E-state index contributed by atoms with van der Waals surface area (Å²) in [5.41, 5.74) is 2.35. The van der Waals surface area contributed by atoms with Crippen molar-refractivity contribution in [2.75, 3.05) is 32.7 Å². The van der Waals surface area contributed by atoms with Gasteiger partial charge < -0.3 is 10.2 Å². The lowest BCUT2D eigenvalue weighted by atomic mass is 10.3. The zero-order valence-electron chi connectivity index (χ0n) is 6.47. The van der Waals surface area contributed by atoms with Crippen LogP contribution < -0.4 is 16.6 Å². The smallest absolute Gasteiger partial charge is 0.238 e. The van der Waals surface area contributed by atoms with Gasteiger partial charge in [0.05, 0.1) is 6.54 Å². The number of hydrogen-bond donors (Lipinski definition) is 3. The fourth-order valence-corrected chi connectivity index (χ4v) is 1.11. The number of nitrogens with two attached hydrogens (primary N) is 1. The van der Waals surface area contributed by atoms with E-state index in [0.717, 1.165) is 26.2 Å². The number of hydrogen-bond acceptors (Lipinski definition) is 4. The Labute approximate surface area is 65.9 Å². The molecule has 1 amide bonds. The summed E-state index contributed by atoms with van der Waals surface area (Å²) in [6, 6.07) is 0. The molecule has 0 aromatic heterocycles. The maximum atomic E-state index is 11.2. The number of hydrazine groups is 1. The molecule has 0 radical (unpaired) electrons. The summed E-state index contributed by atoms with van der Waals surface area (Å²) in [4.78, 5) is 13.0. The number of rotatable bonds is 2. The second-order valence-corrected chi connectivity index (χ2v) is 2.51. The van der Waals surface area contributed by atoms with Gasteiger partial charge in [-0.25, -0.2) is 0 Å². The first-order valence-corrected chi connectivity index (χ1v) is 3.76. The van der Waals surface area contributed by atoms with Gasteiger partial charge in [0.15, 0.2) is 0 Å². The molecule has 4 N–H and O–H groups in total. The molecule has 1 fully saturated rings. The molecule has 0 saturated carbocycles. The van der Waals surface area contributed by atoms with Gasteiger partial charge in [-0.2, -0.15) is 0 Å². The van der Waals surface area contributed by atoms with Crippen LogP contribution in [0, 0.1) is 0 Å². The van der Waals surface area contributed by atoms with Crippen molar-refractivity contribution >= 4 is 5.91 Å². The summed E-state index contributed by atoms with van der Waals surface area (Å²) < 4.78 is 0. The molecule has 5 nitrogen and oxygen atoms in total. The van der Waals surface area contributed by atoms with E-state index in [2.05, 4.69) is 10.7 Å². The Hall–Kier alpha value is -0.650. The second-order valence-electron chi connectivity index (χ2n) is 2.51. The topological polar surface area (TPSA) is 70.4 Å². The Morgan fingerprint density at radius 3 is 2.73 bits per heavy atom. The Balaban J connectivity index is 2.27. The van der Waals surface area contributed by atoms with Crippen molar-refractivity contribution in [3.8, 4) is 0 Å². The van der Waals surface area contributed by atoms with Crippen LogP contribution in [0.1, 0.15) is 0 Å². The van der Waals surface area contributed by atoms with Crippen LogP contribution in [0.25, 0.3) is 0 Å². The summed E-state index contributed by atoms with van der Waals surface area (Å²) in [6.07, 6.45) is 0. The lowest BCUT2D eigenvalue weighted by Crippen LogP contribution is -2.49. The second kappa shape index (κ2) is 4.27. The van der Waals surface area contributed by atoms with Crippen LogP contribution in [0.5, 0.6) is 0 Å². The molecule has 1 rings (SSSR count). The predicted molar refractivity (Wildman–Crippen MR) is 41.6 cm³/mol. The molecule has 64 valence electrons. The highest BCUT2D eigenvalue weighted by Crippen LogP contribution is 1.91. The van der Waals surface area contributed by atoms with E-state index in [1.54, 1.807) is 4.90 Å². The van der Waals surface area contributed by atoms with E-state index in [-0.39, 0.29) is 12.5 Å². The standard InChI is InChI=1S/C6H14N4O/c7-9-5-6(11)10-3-1-8-2-4-10/h8-9H,1-5,7H2. The van der Waals surface area contributed by atoms with Crippen LogP contribution in [0.3, 0.4) is 0 Å². The predicted octanol–water partition coefficient (Wildman–Crippen LogP) is -2.12. The molecule has 0 spiro atoms. The highest BCUT2D eigenvalue weighted by atomic mass is 16.2. The van der Waals surface area contributed by atoms with E-state index in [1.807, 2.05) is 0 Å². The Morgan fingerprint density at radius 1 is 1.55 bits per heavy atom. The minimum atomic E-state index is 0.0778. The summed E-state index contributed by atoms with van der Waals surface area (Å²) in [7, 11) is 0. The maximum Gasteiger partial charge on any atom is 0.238 e. The summed E-state index contributed by atoms with van der Waals surface area (Å²) in [6.45, 7) is 3.59. The zero-order valence-corrected chi connectivity index (χ0v) is 6.47. The van der Waals surface area contributed by atoms with E-state index >= 15 is 0 Å². The average molecular weight is 158 g/mol. The van der Waals surface area contributed by atoms with Gasteiger partial charge in [-0.3, -0.25) is 16.1 Å². The molecule has 11 heavy (non-hydrogen) atoms. The van der Waals surface area contributed by atoms with Crippen LogP contribution in [0.2, 0.25) is 0 Å². The minimum Gasteiger partial charge on any atom is -0.339 e. The molecular weight excluding hydrogens is 144 g/mol. The molecule has 5 heteroatoms. The van der Waals surface area contributed by atoms with Crippen molar-refractivity contribution in [2.24, 2.45) is 5.84 Å². The fraction of sp³-hybridized carbons (Fsp3) is 0.833. The Kier molecular flexibility index (Phi) is 3.28. The molecule has 0 bridgehead atoms. The van der Waals surface area contributed by atoms with Gasteiger partial charge in [0.1, 0.15) is 0 Å². The van der Waals surface area contributed by atoms with E-state index < -0.39 is 0 Å². The minimum absolute atomic E-state index is 0.0778. The molecule has 1 aliphatic heterocycles. The van der Waals surface area contributed by atoms with Gasteiger partial charge >= 0.3 is 0 Å². The number of amides is 1. The lowest BCUT2D eigenvalue weighted by Gasteiger charge is -2.27. The molecule has 1 aliphatic rings. The monoisotopic (exact) mass is 158 g/mol.